The Hall–Kier alpha value is -1.75. The molecule has 0 N–H and O–H groups in total. The molecule has 0 bridgehead atoms. The Morgan fingerprint density at radius 3 is 2.54 bits per heavy atom. The number of hydrogen-bond donors (Lipinski definition) is 0. The second kappa shape index (κ2) is 7.01. The third-order valence-corrected chi connectivity index (χ3v) is 5.54. The van der Waals surface area contributed by atoms with Gasteiger partial charge < -0.3 is 14.4 Å². The van der Waals surface area contributed by atoms with E-state index in [0.29, 0.717) is 12.1 Å². The van der Waals surface area contributed by atoms with E-state index >= 15 is 0 Å². The van der Waals surface area contributed by atoms with E-state index in [1.807, 2.05) is 4.90 Å². The summed E-state index contributed by atoms with van der Waals surface area (Å²) in [4.78, 5) is 16.3. The maximum absolute atomic E-state index is 11.7. The van der Waals surface area contributed by atoms with E-state index in [1.54, 1.807) is 21.1 Å². The summed E-state index contributed by atoms with van der Waals surface area (Å²) in [6.45, 7) is 6.71. The van der Waals surface area contributed by atoms with Crippen molar-refractivity contribution in [1.82, 2.24) is 9.80 Å². The minimum Gasteiger partial charge on any atom is -0.493 e. The van der Waals surface area contributed by atoms with Gasteiger partial charge in [0.15, 0.2) is 11.5 Å². The lowest BCUT2D eigenvalue weighted by molar-refractivity contribution is -0.131. The highest BCUT2D eigenvalue weighted by Gasteiger charge is 2.33. The fourth-order valence-corrected chi connectivity index (χ4v) is 4.17. The van der Waals surface area contributed by atoms with E-state index in [9.17, 15) is 4.79 Å². The molecule has 2 aliphatic heterocycles. The van der Waals surface area contributed by atoms with E-state index in [4.69, 9.17) is 9.47 Å². The van der Waals surface area contributed by atoms with E-state index < -0.39 is 0 Å². The van der Waals surface area contributed by atoms with E-state index in [-0.39, 0.29) is 5.91 Å². The second-order valence-electron chi connectivity index (χ2n) is 6.83. The first kappa shape index (κ1) is 17.1. The van der Waals surface area contributed by atoms with Crippen LogP contribution in [0.4, 0.5) is 0 Å². The zero-order chi connectivity index (χ0) is 17.3. The lowest BCUT2D eigenvalue weighted by atomic mass is 9.90. The lowest BCUT2D eigenvalue weighted by Gasteiger charge is -2.44. The van der Waals surface area contributed by atoms with Crippen LogP contribution in [0, 0.1) is 0 Å². The number of nitrogens with zero attached hydrogens (tertiary/aromatic N) is 2. The number of benzene rings is 1. The molecule has 2 aliphatic rings. The standard InChI is InChI=1S/C19H28N2O3/c1-13-17-11-19(24-4)18(23-3)10-15(17)7-9-21(13)16-6-5-8-20(12-16)14(2)22/h10-11,13,16H,5-9,12H2,1-4H3/t13-,16-/m1/s1. The predicted octanol–water partition coefficient (Wildman–Crippen LogP) is 2.63. The molecule has 1 aromatic carbocycles. The van der Waals surface area contributed by atoms with Crippen LogP contribution in [0.5, 0.6) is 11.5 Å². The third-order valence-electron chi connectivity index (χ3n) is 5.54. The fourth-order valence-electron chi connectivity index (χ4n) is 4.17. The summed E-state index contributed by atoms with van der Waals surface area (Å²) in [6, 6.07) is 5.01. The molecule has 0 radical (unpaired) electrons. The monoisotopic (exact) mass is 332 g/mol. The molecule has 132 valence electrons. The Morgan fingerprint density at radius 1 is 1.17 bits per heavy atom. The average Bonchev–Trinajstić information content (AvgIpc) is 2.61. The van der Waals surface area contributed by atoms with Crippen molar-refractivity contribution in [3.05, 3.63) is 23.3 Å². The number of amides is 1. The first-order valence-corrected chi connectivity index (χ1v) is 8.81. The molecule has 0 spiro atoms. The molecule has 0 saturated carbocycles. The molecule has 3 rings (SSSR count). The molecular formula is C19H28N2O3. The van der Waals surface area contributed by atoms with Crippen LogP contribution in [0.2, 0.25) is 0 Å². The van der Waals surface area contributed by atoms with Crippen LogP contribution in [-0.4, -0.2) is 55.6 Å². The van der Waals surface area contributed by atoms with Gasteiger partial charge in [0.25, 0.3) is 0 Å². The zero-order valence-electron chi connectivity index (χ0n) is 15.2. The number of likely N-dealkylation sites (tertiary alicyclic amines) is 1. The van der Waals surface area contributed by atoms with Gasteiger partial charge in [0, 0.05) is 38.6 Å². The Labute approximate surface area is 144 Å². The summed E-state index contributed by atoms with van der Waals surface area (Å²) >= 11 is 0. The van der Waals surface area contributed by atoms with Gasteiger partial charge in [-0.2, -0.15) is 0 Å². The van der Waals surface area contributed by atoms with Crippen LogP contribution in [0.25, 0.3) is 0 Å². The van der Waals surface area contributed by atoms with E-state index in [1.165, 1.54) is 11.1 Å². The molecule has 1 aromatic rings. The number of hydrogen-bond acceptors (Lipinski definition) is 4. The van der Waals surface area contributed by atoms with Crippen LogP contribution in [0.3, 0.4) is 0 Å². The number of carbonyl (C=O) groups excluding carboxylic acids is 1. The molecule has 24 heavy (non-hydrogen) atoms. The summed E-state index contributed by atoms with van der Waals surface area (Å²) in [5, 5.41) is 0. The highest BCUT2D eigenvalue weighted by Crippen LogP contribution is 2.39. The predicted molar refractivity (Wildman–Crippen MR) is 93.6 cm³/mol. The average molecular weight is 332 g/mol. The van der Waals surface area contributed by atoms with Crippen molar-refractivity contribution in [3.63, 3.8) is 0 Å². The maximum atomic E-state index is 11.7. The van der Waals surface area contributed by atoms with E-state index in [0.717, 1.165) is 50.4 Å². The molecule has 1 saturated heterocycles. The maximum Gasteiger partial charge on any atom is 0.219 e. The normalized spacial score (nSPS) is 24.4. The molecule has 0 aliphatic carbocycles. The summed E-state index contributed by atoms with van der Waals surface area (Å²) in [7, 11) is 3.36. The molecule has 2 heterocycles. The van der Waals surface area contributed by atoms with Crippen LogP contribution < -0.4 is 9.47 Å². The van der Waals surface area contributed by atoms with Gasteiger partial charge in [0.1, 0.15) is 0 Å². The van der Waals surface area contributed by atoms with Crippen molar-refractivity contribution in [1.29, 1.82) is 0 Å². The molecule has 5 heteroatoms. The summed E-state index contributed by atoms with van der Waals surface area (Å²) in [6.07, 6.45) is 3.26. The van der Waals surface area contributed by atoms with Crippen molar-refractivity contribution < 1.29 is 14.3 Å². The topological polar surface area (TPSA) is 42.0 Å². The largest absolute Gasteiger partial charge is 0.493 e. The van der Waals surface area contributed by atoms with Gasteiger partial charge in [-0.25, -0.2) is 0 Å². The highest BCUT2D eigenvalue weighted by molar-refractivity contribution is 5.73. The minimum absolute atomic E-state index is 0.191. The van der Waals surface area contributed by atoms with Crippen LogP contribution in [-0.2, 0) is 11.2 Å². The van der Waals surface area contributed by atoms with Gasteiger partial charge >= 0.3 is 0 Å². The Balaban J connectivity index is 1.83. The Bertz CT molecular complexity index is 617. The Morgan fingerprint density at radius 2 is 1.88 bits per heavy atom. The fraction of sp³-hybridized carbons (Fsp3) is 0.632. The van der Waals surface area contributed by atoms with Crippen molar-refractivity contribution >= 4 is 5.91 Å². The van der Waals surface area contributed by atoms with Gasteiger partial charge in [-0.1, -0.05) is 0 Å². The van der Waals surface area contributed by atoms with Crippen molar-refractivity contribution in [2.75, 3.05) is 33.9 Å². The molecule has 1 fully saturated rings. The van der Waals surface area contributed by atoms with Crippen molar-refractivity contribution in [3.8, 4) is 11.5 Å². The van der Waals surface area contributed by atoms with Crippen molar-refractivity contribution in [2.24, 2.45) is 0 Å². The van der Waals surface area contributed by atoms with Gasteiger partial charge in [-0.05, 0) is 49.4 Å². The molecule has 0 aromatic heterocycles. The SMILES string of the molecule is COc1cc2c(cc1OC)[C@@H](C)N([C@@H]1CCCN(C(C)=O)C1)CC2. The first-order chi connectivity index (χ1) is 11.5. The Kier molecular flexibility index (Phi) is 4.99. The van der Waals surface area contributed by atoms with Gasteiger partial charge in [0.2, 0.25) is 5.91 Å². The lowest BCUT2D eigenvalue weighted by Crippen LogP contribution is -2.51. The minimum atomic E-state index is 0.191. The molecule has 2 atom stereocenters. The number of rotatable bonds is 3. The summed E-state index contributed by atoms with van der Waals surface area (Å²) in [5.74, 6) is 1.78. The number of carbonyl (C=O) groups is 1. The smallest absolute Gasteiger partial charge is 0.219 e. The number of ether oxygens (including phenoxy) is 2. The van der Waals surface area contributed by atoms with Gasteiger partial charge in [0.05, 0.1) is 14.2 Å². The molecule has 1 amide bonds. The molecule has 0 unspecified atom stereocenters. The zero-order valence-corrected chi connectivity index (χ0v) is 15.2. The highest BCUT2D eigenvalue weighted by atomic mass is 16.5. The van der Waals surface area contributed by atoms with Crippen LogP contribution in [0.1, 0.15) is 43.9 Å². The first-order valence-electron chi connectivity index (χ1n) is 8.81. The van der Waals surface area contributed by atoms with Crippen LogP contribution in [0.15, 0.2) is 12.1 Å². The quantitative estimate of drug-likeness (QED) is 0.853. The second-order valence-corrected chi connectivity index (χ2v) is 6.83. The summed E-state index contributed by atoms with van der Waals surface area (Å²) in [5.41, 5.74) is 2.66. The number of fused-ring (bicyclic) bond motifs is 1. The number of methoxy groups -OCH3 is 2. The van der Waals surface area contributed by atoms with E-state index in [2.05, 4.69) is 24.0 Å². The van der Waals surface area contributed by atoms with Gasteiger partial charge in [-0.15, -0.1) is 0 Å². The van der Waals surface area contributed by atoms with Crippen molar-refractivity contribution in [2.45, 2.75) is 45.2 Å². The van der Waals surface area contributed by atoms with Gasteiger partial charge in [-0.3, -0.25) is 9.69 Å². The number of piperidine rings is 1. The molecule has 5 nitrogen and oxygen atoms in total. The summed E-state index contributed by atoms with van der Waals surface area (Å²) < 4.78 is 10.9. The third kappa shape index (κ3) is 3.09. The molecular weight excluding hydrogens is 304 g/mol. The van der Waals surface area contributed by atoms with Crippen LogP contribution >= 0.6 is 0 Å².